The first-order valence-electron chi connectivity index (χ1n) is 5.53. The fraction of sp³-hybridized carbons (Fsp3) is 0.727. The van der Waals surface area contributed by atoms with Crippen molar-refractivity contribution < 1.29 is 0 Å². The standard InChI is InChI=1S/C11H21N3S/c1-4-10(8-15-3)13-7-11-6-12-9-14(11)5-2/h6,9-10,13H,4-5,7-8H2,1-3H3. The predicted octanol–water partition coefficient (Wildman–Crippen LogP) is 2.13. The molecule has 15 heavy (non-hydrogen) atoms. The summed E-state index contributed by atoms with van der Waals surface area (Å²) in [6, 6.07) is 0.611. The number of nitrogens with zero attached hydrogens (tertiary/aromatic N) is 2. The summed E-state index contributed by atoms with van der Waals surface area (Å²) in [5.41, 5.74) is 1.28. The van der Waals surface area contributed by atoms with Crippen molar-refractivity contribution >= 4 is 11.8 Å². The van der Waals surface area contributed by atoms with Crippen molar-refractivity contribution in [1.29, 1.82) is 0 Å². The van der Waals surface area contributed by atoms with Crippen molar-refractivity contribution in [2.24, 2.45) is 0 Å². The first-order chi connectivity index (χ1) is 7.31. The Bertz CT molecular complexity index is 273. The molecule has 1 N–H and O–H groups in total. The molecule has 0 fully saturated rings. The van der Waals surface area contributed by atoms with Gasteiger partial charge in [-0.2, -0.15) is 11.8 Å². The molecule has 0 bridgehead atoms. The van der Waals surface area contributed by atoms with Crippen molar-refractivity contribution in [2.45, 2.75) is 39.4 Å². The minimum Gasteiger partial charge on any atom is -0.334 e. The van der Waals surface area contributed by atoms with Gasteiger partial charge in [0.2, 0.25) is 0 Å². The molecule has 1 heterocycles. The lowest BCUT2D eigenvalue weighted by Crippen LogP contribution is -2.30. The van der Waals surface area contributed by atoms with Crippen LogP contribution in [0.3, 0.4) is 0 Å². The van der Waals surface area contributed by atoms with Crippen LogP contribution in [0.15, 0.2) is 12.5 Å². The van der Waals surface area contributed by atoms with E-state index in [1.807, 2.05) is 24.3 Å². The second kappa shape index (κ2) is 6.90. The fourth-order valence-electron chi connectivity index (χ4n) is 1.55. The largest absolute Gasteiger partial charge is 0.334 e. The summed E-state index contributed by atoms with van der Waals surface area (Å²) in [6.07, 6.45) is 7.18. The highest BCUT2D eigenvalue weighted by Gasteiger charge is 2.06. The highest BCUT2D eigenvalue weighted by Crippen LogP contribution is 2.04. The van der Waals surface area contributed by atoms with Crippen molar-refractivity contribution in [3.63, 3.8) is 0 Å². The van der Waals surface area contributed by atoms with Crippen LogP contribution in [0.25, 0.3) is 0 Å². The number of aryl methyl sites for hydroxylation is 1. The Balaban J connectivity index is 2.41. The van der Waals surface area contributed by atoms with E-state index in [0.717, 1.165) is 13.1 Å². The number of aromatic nitrogens is 2. The number of nitrogens with one attached hydrogen (secondary N) is 1. The van der Waals surface area contributed by atoms with Crippen molar-refractivity contribution in [3.05, 3.63) is 18.2 Å². The normalized spacial score (nSPS) is 13.0. The van der Waals surface area contributed by atoms with E-state index in [-0.39, 0.29) is 0 Å². The quantitative estimate of drug-likeness (QED) is 0.774. The number of imidazole rings is 1. The molecule has 1 aromatic heterocycles. The van der Waals surface area contributed by atoms with Gasteiger partial charge in [0.1, 0.15) is 0 Å². The molecular formula is C11H21N3S. The highest BCUT2D eigenvalue weighted by molar-refractivity contribution is 7.98. The summed E-state index contributed by atoms with van der Waals surface area (Å²) in [4.78, 5) is 4.16. The lowest BCUT2D eigenvalue weighted by molar-refractivity contribution is 0.523. The van der Waals surface area contributed by atoms with Gasteiger partial charge in [-0.3, -0.25) is 0 Å². The SMILES string of the molecule is CCC(CSC)NCc1cncn1CC. The molecule has 0 saturated carbocycles. The summed E-state index contributed by atoms with van der Waals surface area (Å²) < 4.78 is 2.18. The van der Waals surface area contributed by atoms with Gasteiger partial charge in [0.05, 0.1) is 12.0 Å². The van der Waals surface area contributed by atoms with Gasteiger partial charge in [0.25, 0.3) is 0 Å². The molecule has 0 aliphatic heterocycles. The molecule has 1 rings (SSSR count). The molecule has 0 aliphatic carbocycles. The van der Waals surface area contributed by atoms with E-state index in [1.165, 1.54) is 17.9 Å². The molecule has 1 atom stereocenters. The smallest absolute Gasteiger partial charge is 0.0948 e. The van der Waals surface area contributed by atoms with Crippen LogP contribution in [0.4, 0.5) is 0 Å². The molecule has 4 heteroatoms. The third-order valence-corrected chi connectivity index (χ3v) is 3.31. The van der Waals surface area contributed by atoms with Crippen LogP contribution in [-0.4, -0.2) is 27.6 Å². The van der Waals surface area contributed by atoms with E-state index in [9.17, 15) is 0 Å². The zero-order valence-corrected chi connectivity index (χ0v) is 10.7. The Labute approximate surface area is 96.7 Å². The predicted molar refractivity (Wildman–Crippen MR) is 67.2 cm³/mol. The summed E-state index contributed by atoms with van der Waals surface area (Å²) in [6.45, 7) is 6.29. The zero-order valence-electron chi connectivity index (χ0n) is 9.86. The van der Waals surface area contributed by atoms with Gasteiger partial charge in [0, 0.05) is 31.1 Å². The van der Waals surface area contributed by atoms with Crippen LogP contribution in [0.5, 0.6) is 0 Å². The summed E-state index contributed by atoms with van der Waals surface area (Å²) in [7, 11) is 0. The third-order valence-electron chi connectivity index (χ3n) is 2.57. The van der Waals surface area contributed by atoms with E-state index in [0.29, 0.717) is 6.04 Å². The molecule has 0 radical (unpaired) electrons. The second-order valence-corrected chi connectivity index (χ2v) is 4.52. The van der Waals surface area contributed by atoms with Crippen LogP contribution < -0.4 is 5.32 Å². The minimum absolute atomic E-state index is 0.611. The van der Waals surface area contributed by atoms with Crippen LogP contribution in [0.2, 0.25) is 0 Å². The lowest BCUT2D eigenvalue weighted by atomic mass is 10.2. The van der Waals surface area contributed by atoms with Gasteiger partial charge in [-0.1, -0.05) is 6.92 Å². The van der Waals surface area contributed by atoms with Gasteiger partial charge < -0.3 is 9.88 Å². The maximum atomic E-state index is 4.16. The third kappa shape index (κ3) is 3.87. The number of hydrogen-bond acceptors (Lipinski definition) is 3. The van der Waals surface area contributed by atoms with E-state index < -0.39 is 0 Å². The van der Waals surface area contributed by atoms with Gasteiger partial charge >= 0.3 is 0 Å². The molecular weight excluding hydrogens is 206 g/mol. The Morgan fingerprint density at radius 3 is 2.93 bits per heavy atom. The van der Waals surface area contributed by atoms with Crippen molar-refractivity contribution in [3.8, 4) is 0 Å². The molecule has 0 aliphatic rings. The van der Waals surface area contributed by atoms with Gasteiger partial charge in [0.15, 0.2) is 0 Å². The average molecular weight is 227 g/mol. The van der Waals surface area contributed by atoms with Crippen LogP contribution >= 0.6 is 11.8 Å². The highest BCUT2D eigenvalue weighted by atomic mass is 32.2. The Morgan fingerprint density at radius 1 is 1.53 bits per heavy atom. The zero-order chi connectivity index (χ0) is 11.1. The molecule has 1 aromatic rings. The molecule has 1 unspecified atom stereocenters. The molecule has 0 aromatic carbocycles. The monoisotopic (exact) mass is 227 g/mol. The van der Waals surface area contributed by atoms with Crippen molar-refractivity contribution in [2.75, 3.05) is 12.0 Å². The summed E-state index contributed by atoms with van der Waals surface area (Å²) in [5, 5.41) is 3.57. The Kier molecular flexibility index (Phi) is 5.79. The van der Waals surface area contributed by atoms with Crippen molar-refractivity contribution in [1.82, 2.24) is 14.9 Å². The van der Waals surface area contributed by atoms with Crippen LogP contribution in [0, 0.1) is 0 Å². The number of hydrogen-bond donors (Lipinski definition) is 1. The first-order valence-corrected chi connectivity index (χ1v) is 6.92. The number of rotatable bonds is 7. The average Bonchev–Trinajstić information content (AvgIpc) is 2.71. The number of thioether (sulfide) groups is 1. The minimum atomic E-state index is 0.611. The van der Waals surface area contributed by atoms with Crippen LogP contribution in [0.1, 0.15) is 26.0 Å². The van der Waals surface area contributed by atoms with Crippen LogP contribution in [-0.2, 0) is 13.1 Å². The maximum Gasteiger partial charge on any atom is 0.0948 e. The molecule has 0 saturated heterocycles. The Hall–Kier alpha value is -0.480. The molecule has 86 valence electrons. The summed E-state index contributed by atoms with van der Waals surface area (Å²) in [5.74, 6) is 1.18. The van der Waals surface area contributed by atoms with Gasteiger partial charge in [-0.05, 0) is 19.6 Å². The van der Waals surface area contributed by atoms with E-state index >= 15 is 0 Å². The second-order valence-electron chi connectivity index (χ2n) is 3.61. The molecule has 0 amide bonds. The van der Waals surface area contributed by atoms with E-state index in [2.05, 4.69) is 35.0 Å². The molecule has 3 nitrogen and oxygen atoms in total. The van der Waals surface area contributed by atoms with Gasteiger partial charge in [-0.15, -0.1) is 0 Å². The molecule has 0 spiro atoms. The fourth-order valence-corrected chi connectivity index (χ4v) is 2.31. The lowest BCUT2D eigenvalue weighted by Gasteiger charge is -2.16. The topological polar surface area (TPSA) is 29.9 Å². The first kappa shape index (κ1) is 12.6. The van der Waals surface area contributed by atoms with E-state index in [1.54, 1.807) is 0 Å². The maximum absolute atomic E-state index is 4.16. The Morgan fingerprint density at radius 2 is 2.33 bits per heavy atom. The van der Waals surface area contributed by atoms with Gasteiger partial charge in [-0.25, -0.2) is 4.98 Å². The van der Waals surface area contributed by atoms with E-state index in [4.69, 9.17) is 0 Å². The summed E-state index contributed by atoms with van der Waals surface area (Å²) >= 11 is 1.90.